The van der Waals surface area contributed by atoms with Crippen LogP contribution in [0.1, 0.15) is 0 Å². The van der Waals surface area contributed by atoms with Crippen LogP contribution in [0.3, 0.4) is 0 Å². The lowest BCUT2D eigenvalue weighted by Gasteiger charge is -2.13. The summed E-state index contributed by atoms with van der Waals surface area (Å²) in [4.78, 5) is 4.20. The molecule has 4 aromatic rings. The lowest BCUT2D eigenvalue weighted by atomic mass is 10.0. The summed E-state index contributed by atoms with van der Waals surface area (Å²) in [6.07, 6.45) is -3.31. The van der Waals surface area contributed by atoms with Gasteiger partial charge in [-0.3, -0.25) is 0 Å². The second kappa shape index (κ2) is 9.46. The molecule has 0 saturated heterocycles. The van der Waals surface area contributed by atoms with E-state index in [0.717, 1.165) is 29.7 Å². The molecule has 14 heteroatoms. The van der Waals surface area contributed by atoms with E-state index in [4.69, 9.17) is 0 Å². The van der Waals surface area contributed by atoms with E-state index in [2.05, 4.69) is 24.9 Å². The van der Waals surface area contributed by atoms with Crippen molar-refractivity contribution in [2.24, 2.45) is 0 Å². The maximum absolute atomic E-state index is 12.5. The van der Waals surface area contributed by atoms with Crippen LogP contribution in [0.25, 0.3) is 16.9 Å². The summed E-state index contributed by atoms with van der Waals surface area (Å²) in [7, 11) is -2.26. The second-order valence-electron chi connectivity index (χ2n) is 7.45. The molecule has 9 nitrogen and oxygen atoms in total. The van der Waals surface area contributed by atoms with Gasteiger partial charge >= 0.3 is 6.36 Å². The van der Waals surface area contributed by atoms with Gasteiger partial charge in [-0.15, -0.1) is 13.2 Å². The lowest BCUT2D eigenvalue weighted by molar-refractivity contribution is -0.274. The SMILES string of the molecule is Bc1cnn2c(NCCNS(=O)(=O)c3cccc(OC(F)(F)F)c3)cc(-c3ccccc3O)nc12. The van der Waals surface area contributed by atoms with Crippen molar-refractivity contribution < 1.29 is 31.4 Å². The molecule has 2 aromatic carbocycles. The average molecular weight is 505 g/mol. The predicted molar refractivity (Wildman–Crippen MR) is 125 cm³/mol. The molecule has 4 rings (SSSR count). The van der Waals surface area contributed by atoms with E-state index in [1.54, 1.807) is 41.0 Å². The first kappa shape index (κ1) is 24.4. The Labute approximate surface area is 199 Å². The molecular weight excluding hydrogens is 486 g/mol. The first-order valence-electron chi connectivity index (χ1n) is 10.3. The van der Waals surface area contributed by atoms with E-state index in [1.165, 1.54) is 0 Å². The minimum absolute atomic E-state index is 0.0527. The van der Waals surface area contributed by atoms with Crippen molar-refractivity contribution in [3.05, 3.63) is 60.8 Å². The monoisotopic (exact) mass is 505 g/mol. The Balaban J connectivity index is 1.49. The highest BCUT2D eigenvalue weighted by Gasteiger charge is 2.31. The van der Waals surface area contributed by atoms with Crippen LogP contribution in [0.4, 0.5) is 19.0 Å². The Bertz CT molecular complexity index is 1480. The van der Waals surface area contributed by atoms with Gasteiger partial charge in [-0.2, -0.15) is 9.61 Å². The summed E-state index contributed by atoms with van der Waals surface area (Å²) in [5.74, 6) is -0.0819. The van der Waals surface area contributed by atoms with Crippen LogP contribution < -0.4 is 20.2 Å². The maximum Gasteiger partial charge on any atom is 0.573 e. The number of benzene rings is 2. The van der Waals surface area contributed by atoms with Crippen LogP contribution in [-0.4, -0.2) is 55.4 Å². The Morgan fingerprint density at radius 3 is 2.60 bits per heavy atom. The second-order valence-corrected chi connectivity index (χ2v) is 9.22. The number of sulfonamides is 1. The zero-order valence-corrected chi connectivity index (χ0v) is 19.1. The molecule has 0 bridgehead atoms. The number of para-hydroxylation sites is 1. The average Bonchev–Trinajstić information content (AvgIpc) is 3.17. The van der Waals surface area contributed by atoms with Gasteiger partial charge in [0, 0.05) is 37.0 Å². The Morgan fingerprint density at radius 2 is 1.86 bits per heavy atom. The number of nitrogens with one attached hydrogen (secondary N) is 2. The summed E-state index contributed by atoms with van der Waals surface area (Å²) in [6, 6.07) is 12.5. The number of aromatic nitrogens is 3. The number of hydrogen-bond donors (Lipinski definition) is 3. The van der Waals surface area contributed by atoms with Crippen LogP contribution in [0.5, 0.6) is 11.5 Å². The molecule has 0 amide bonds. The maximum atomic E-state index is 12.5. The number of alkyl halides is 3. The Hall–Kier alpha value is -3.78. The van der Waals surface area contributed by atoms with Crippen molar-refractivity contribution in [2.45, 2.75) is 11.3 Å². The van der Waals surface area contributed by atoms with E-state index in [1.807, 2.05) is 7.85 Å². The van der Waals surface area contributed by atoms with Crippen molar-refractivity contribution in [2.75, 3.05) is 18.4 Å². The van der Waals surface area contributed by atoms with Crippen LogP contribution in [0.15, 0.2) is 65.7 Å². The number of aromatic hydroxyl groups is 1. The molecule has 0 aliphatic rings. The highest BCUT2D eigenvalue weighted by molar-refractivity contribution is 7.89. The van der Waals surface area contributed by atoms with Crippen molar-refractivity contribution in [3.63, 3.8) is 0 Å². The van der Waals surface area contributed by atoms with Gasteiger partial charge < -0.3 is 15.2 Å². The predicted octanol–water partition coefficient (Wildman–Crippen LogP) is 1.65. The van der Waals surface area contributed by atoms with Gasteiger partial charge in [-0.1, -0.05) is 18.2 Å². The normalized spacial score (nSPS) is 12.1. The lowest BCUT2D eigenvalue weighted by Crippen LogP contribution is -2.29. The summed E-state index contributed by atoms with van der Waals surface area (Å²) in [5.41, 5.74) is 2.35. The number of fused-ring (bicyclic) bond motifs is 1. The molecular formula is C21H19BF3N5O4S. The van der Waals surface area contributed by atoms with Crippen molar-refractivity contribution in [3.8, 4) is 22.8 Å². The molecule has 0 radical (unpaired) electrons. The molecule has 0 aliphatic carbocycles. The highest BCUT2D eigenvalue weighted by atomic mass is 32.2. The number of nitrogens with zero attached hydrogens (tertiary/aromatic N) is 3. The fraction of sp³-hybridized carbons (Fsp3) is 0.143. The van der Waals surface area contributed by atoms with E-state index >= 15 is 0 Å². The molecule has 0 atom stereocenters. The van der Waals surface area contributed by atoms with Crippen LogP contribution >= 0.6 is 0 Å². The largest absolute Gasteiger partial charge is 0.573 e. The van der Waals surface area contributed by atoms with E-state index < -0.39 is 22.1 Å². The third kappa shape index (κ3) is 5.66. The number of phenols is 1. The van der Waals surface area contributed by atoms with Gasteiger partial charge in [0.2, 0.25) is 10.0 Å². The van der Waals surface area contributed by atoms with Crippen LogP contribution in [0.2, 0.25) is 0 Å². The zero-order chi connectivity index (χ0) is 25.2. The molecule has 3 N–H and O–H groups in total. The van der Waals surface area contributed by atoms with E-state index in [9.17, 15) is 26.7 Å². The van der Waals surface area contributed by atoms with Gasteiger partial charge in [0.05, 0.1) is 10.6 Å². The third-order valence-electron chi connectivity index (χ3n) is 4.90. The zero-order valence-electron chi connectivity index (χ0n) is 18.2. The summed E-state index contributed by atoms with van der Waals surface area (Å²) < 4.78 is 70.0. The Morgan fingerprint density at radius 1 is 1.09 bits per heavy atom. The van der Waals surface area contributed by atoms with E-state index in [-0.39, 0.29) is 23.7 Å². The minimum Gasteiger partial charge on any atom is -0.507 e. The molecule has 2 aromatic heterocycles. The van der Waals surface area contributed by atoms with Gasteiger partial charge in [-0.25, -0.2) is 18.1 Å². The fourth-order valence-corrected chi connectivity index (χ4v) is 4.39. The molecule has 0 spiro atoms. The first-order valence-corrected chi connectivity index (χ1v) is 11.7. The minimum atomic E-state index is -4.93. The summed E-state index contributed by atoms with van der Waals surface area (Å²) in [6.45, 7) is 0.0406. The fourth-order valence-electron chi connectivity index (χ4n) is 3.32. The number of ether oxygens (including phenoxy) is 1. The van der Waals surface area contributed by atoms with Crippen molar-refractivity contribution in [1.29, 1.82) is 0 Å². The van der Waals surface area contributed by atoms with Crippen LogP contribution in [0, 0.1) is 0 Å². The van der Waals surface area contributed by atoms with Gasteiger partial charge in [0.15, 0.2) is 5.65 Å². The van der Waals surface area contributed by atoms with Gasteiger partial charge in [0.25, 0.3) is 0 Å². The highest BCUT2D eigenvalue weighted by Crippen LogP contribution is 2.29. The summed E-state index contributed by atoms with van der Waals surface area (Å²) in [5, 5.41) is 17.6. The van der Waals surface area contributed by atoms with Gasteiger partial charge in [-0.05, 0) is 29.7 Å². The third-order valence-corrected chi connectivity index (χ3v) is 6.36. The molecule has 0 unspecified atom stereocenters. The molecule has 182 valence electrons. The molecule has 0 aliphatic heterocycles. The molecule has 35 heavy (non-hydrogen) atoms. The number of phenolic OH excluding ortho intramolecular Hbond substituents is 1. The topological polar surface area (TPSA) is 118 Å². The number of hydrogen-bond acceptors (Lipinski definition) is 7. The standard InChI is InChI=1S/C21H19BF3N5O4S/c22-16-12-27-30-19(11-17(29-20(16)30)15-6-1-2-7-18(15)31)26-8-9-28-35(32,33)14-5-3-4-13(10-14)34-21(23,24)25/h1-7,10-12,26,28,31H,8-9,22H2. The number of anilines is 1. The van der Waals surface area contributed by atoms with Crippen molar-refractivity contribution >= 4 is 34.8 Å². The summed E-state index contributed by atoms with van der Waals surface area (Å²) >= 11 is 0. The van der Waals surface area contributed by atoms with Crippen LogP contribution in [-0.2, 0) is 10.0 Å². The van der Waals surface area contributed by atoms with Crippen molar-refractivity contribution in [1.82, 2.24) is 19.3 Å². The van der Waals surface area contributed by atoms with E-state index in [0.29, 0.717) is 22.7 Å². The molecule has 0 fully saturated rings. The Kier molecular flexibility index (Phi) is 6.59. The number of rotatable bonds is 8. The van der Waals surface area contributed by atoms with Gasteiger partial charge in [0.1, 0.15) is 25.2 Å². The smallest absolute Gasteiger partial charge is 0.507 e. The number of halogens is 3. The quantitative estimate of drug-likeness (QED) is 0.246. The molecule has 0 saturated carbocycles. The molecule has 2 heterocycles. The first-order chi connectivity index (χ1) is 16.5.